The summed E-state index contributed by atoms with van der Waals surface area (Å²) in [6, 6.07) is 0. The molecule has 0 spiro atoms. The lowest BCUT2D eigenvalue weighted by Gasteiger charge is -2.26. The highest BCUT2D eigenvalue weighted by molar-refractivity contribution is 14.0. The van der Waals surface area contributed by atoms with Gasteiger partial charge in [-0.1, -0.05) is 26.7 Å². The van der Waals surface area contributed by atoms with Gasteiger partial charge < -0.3 is 15.7 Å². The molecule has 6 heteroatoms. The molecule has 0 heterocycles. The van der Waals surface area contributed by atoms with Crippen molar-refractivity contribution < 1.29 is 5.11 Å². The van der Waals surface area contributed by atoms with Crippen molar-refractivity contribution in [2.45, 2.75) is 58.5 Å². The summed E-state index contributed by atoms with van der Waals surface area (Å²) < 4.78 is 0. The van der Waals surface area contributed by atoms with Gasteiger partial charge in [0.25, 0.3) is 0 Å². The Morgan fingerprint density at radius 2 is 1.76 bits per heavy atom. The molecule has 21 heavy (non-hydrogen) atoms. The lowest BCUT2D eigenvalue weighted by molar-refractivity contribution is 0.0306. The third-order valence-corrected chi connectivity index (χ3v) is 3.82. The highest BCUT2D eigenvalue weighted by Crippen LogP contribution is 2.19. The second-order valence-corrected chi connectivity index (χ2v) is 6.18. The van der Waals surface area contributed by atoms with E-state index in [0.717, 1.165) is 56.9 Å². The van der Waals surface area contributed by atoms with Crippen LogP contribution in [0, 0.1) is 0 Å². The van der Waals surface area contributed by atoms with E-state index >= 15 is 0 Å². The number of thioether (sulfide) groups is 1. The van der Waals surface area contributed by atoms with Gasteiger partial charge in [0.2, 0.25) is 0 Å². The fourth-order valence-corrected chi connectivity index (χ4v) is 2.64. The van der Waals surface area contributed by atoms with Gasteiger partial charge in [0.1, 0.15) is 0 Å². The third-order valence-electron chi connectivity index (χ3n) is 3.12. The van der Waals surface area contributed by atoms with Crippen molar-refractivity contribution in [1.82, 2.24) is 10.6 Å². The van der Waals surface area contributed by atoms with Crippen molar-refractivity contribution in [2.24, 2.45) is 4.99 Å². The SMILES string of the molecule is CCCC(O)(CCC)CN=C(NCC)NCCCSC.I. The molecule has 3 N–H and O–H groups in total. The largest absolute Gasteiger partial charge is 0.388 e. The minimum absolute atomic E-state index is 0. The van der Waals surface area contributed by atoms with Gasteiger partial charge in [-0.3, -0.25) is 4.99 Å². The van der Waals surface area contributed by atoms with E-state index in [0.29, 0.717) is 6.54 Å². The molecule has 0 aromatic heterocycles. The molecule has 0 bridgehead atoms. The van der Waals surface area contributed by atoms with Gasteiger partial charge in [0.15, 0.2) is 5.96 Å². The maximum atomic E-state index is 10.6. The number of aliphatic hydroxyl groups is 1. The molecule has 0 fully saturated rings. The lowest BCUT2D eigenvalue weighted by Crippen LogP contribution is -2.40. The van der Waals surface area contributed by atoms with E-state index in [9.17, 15) is 5.11 Å². The van der Waals surface area contributed by atoms with E-state index in [-0.39, 0.29) is 24.0 Å². The van der Waals surface area contributed by atoms with Crippen molar-refractivity contribution in [3.8, 4) is 0 Å². The third kappa shape index (κ3) is 12.5. The van der Waals surface area contributed by atoms with E-state index in [1.54, 1.807) is 0 Å². The molecule has 0 aliphatic rings. The van der Waals surface area contributed by atoms with Crippen molar-refractivity contribution >= 4 is 41.7 Å². The van der Waals surface area contributed by atoms with Crippen molar-refractivity contribution in [3.05, 3.63) is 0 Å². The molecule has 0 aromatic rings. The fourth-order valence-electron chi connectivity index (χ4n) is 2.21. The monoisotopic (exact) mass is 431 g/mol. The van der Waals surface area contributed by atoms with Crippen LogP contribution in [0.2, 0.25) is 0 Å². The molecule has 0 atom stereocenters. The summed E-state index contributed by atoms with van der Waals surface area (Å²) in [6.45, 7) is 8.52. The molecule has 0 aliphatic carbocycles. The van der Waals surface area contributed by atoms with Gasteiger partial charge in [0.05, 0.1) is 12.1 Å². The molecule has 128 valence electrons. The van der Waals surface area contributed by atoms with Crippen LogP contribution in [-0.4, -0.2) is 48.3 Å². The summed E-state index contributed by atoms with van der Waals surface area (Å²) in [7, 11) is 0. The van der Waals surface area contributed by atoms with E-state index in [1.165, 1.54) is 0 Å². The lowest BCUT2D eigenvalue weighted by atomic mass is 9.93. The molecule has 0 aromatic carbocycles. The van der Waals surface area contributed by atoms with Gasteiger partial charge in [-0.05, 0) is 38.2 Å². The molecule has 0 rings (SSSR count). The van der Waals surface area contributed by atoms with Gasteiger partial charge in [-0.2, -0.15) is 11.8 Å². The van der Waals surface area contributed by atoms with Crippen molar-refractivity contribution in [2.75, 3.05) is 31.6 Å². The Labute approximate surface area is 152 Å². The molecule has 0 amide bonds. The predicted octanol–water partition coefficient (Wildman–Crippen LogP) is 3.24. The number of hydrogen-bond donors (Lipinski definition) is 3. The van der Waals surface area contributed by atoms with E-state index < -0.39 is 5.60 Å². The molecular weight excluding hydrogens is 397 g/mol. The van der Waals surface area contributed by atoms with Crippen molar-refractivity contribution in [1.29, 1.82) is 0 Å². The minimum Gasteiger partial charge on any atom is -0.388 e. The maximum Gasteiger partial charge on any atom is 0.191 e. The van der Waals surface area contributed by atoms with E-state index in [2.05, 4.69) is 42.7 Å². The number of nitrogens with zero attached hydrogens (tertiary/aromatic N) is 1. The zero-order valence-corrected chi connectivity index (χ0v) is 17.2. The first kappa shape index (κ1) is 23.6. The Morgan fingerprint density at radius 3 is 2.24 bits per heavy atom. The Morgan fingerprint density at radius 1 is 1.14 bits per heavy atom. The average molecular weight is 431 g/mol. The first-order valence-corrected chi connectivity index (χ1v) is 9.24. The van der Waals surface area contributed by atoms with Gasteiger partial charge >= 0.3 is 0 Å². The van der Waals surface area contributed by atoms with Crippen LogP contribution in [-0.2, 0) is 0 Å². The molecule has 0 radical (unpaired) electrons. The van der Waals surface area contributed by atoms with Crippen LogP contribution >= 0.6 is 35.7 Å². The highest BCUT2D eigenvalue weighted by atomic mass is 127. The number of hydrogen-bond acceptors (Lipinski definition) is 3. The Balaban J connectivity index is 0. The van der Waals surface area contributed by atoms with Crippen LogP contribution in [0.1, 0.15) is 52.9 Å². The van der Waals surface area contributed by atoms with Gasteiger partial charge in [-0.15, -0.1) is 24.0 Å². The molecule has 0 aliphatic heterocycles. The summed E-state index contributed by atoms with van der Waals surface area (Å²) in [4.78, 5) is 4.56. The normalized spacial score (nSPS) is 12.0. The summed E-state index contributed by atoms with van der Waals surface area (Å²) >= 11 is 1.86. The average Bonchev–Trinajstić information content (AvgIpc) is 2.41. The number of nitrogens with one attached hydrogen (secondary N) is 2. The Hall–Kier alpha value is 0.310. The maximum absolute atomic E-state index is 10.6. The van der Waals surface area contributed by atoms with Crippen LogP contribution in [0.3, 0.4) is 0 Å². The summed E-state index contributed by atoms with van der Waals surface area (Å²) in [5, 5.41) is 17.1. The van der Waals surface area contributed by atoms with Crippen LogP contribution in [0.4, 0.5) is 0 Å². The summed E-state index contributed by atoms with van der Waals surface area (Å²) in [5.74, 6) is 1.97. The van der Waals surface area contributed by atoms with Crippen LogP contribution < -0.4 is 10.6 Å². The predicted molar refractivity (Wildman–Crippen MR) is 107 cm³/mol. The minimum atomic E-state index is -0.648. The molecule has 4 nitrogen and oxygen atoms in total. The molecule has 0 saturated carbocycles. The highest BCUT2D eigenvalue weighted by Gasteiger charge is 2.24. The standard InChI is InChI=1S/C15H33N3OS.HI/c1-5-9-15(19,10-6-2)13-18-14(16-7-3)17-11-8-12-20-4;/h19H,5-13H2,1-4H3,(H2,16,17,18);1H. The quantitative estimate of drug-likeness (QED) is 0.204. The van der Waals surface area contributed by atoms with Gasteiger partial charge in [0, 0.05) is 13.1 Å². The first-order valence-electron chi connectivity index (χ1n) is 7.85. The topological polar surface area (TPSA) is 56.7 Å². The number of halogens is 1. The van der Waals surface area contributed by atoms with Crippen LogP contribution in [0.25, 0.3) is 0 Å². The van der Waals surface area contributed by atoms with E-state index in [4.69, 9.17) is 0 Å². The first-order chi connectivity index (χ1) is 9.61. The summed E-state index contributed by atoms with van der Waals surface area (Å²) in [5.41, 5.74) is -0.648. The molecule has 0 saturated heterocycles. The molecular formula is C15H34IN3OS. The number of rotatable bonds is 11. The van der Waals surface area contributed by atoms with Crippen LogP contribution in [0.15, 0.2) is 4.99 Å². The van der Waals surface area contributed by atoms with Crippen molar-refractivity contribution in [3.63, 3.8) is 0 Å². The molecule has 0 unspecified atom stereocenters. The fraction of sp³-hybridized carbons (Fsp3) is 0.933. The zero-order chi connectivity index (χ0) is 15.3. The smallest absolute Gasteiger partial charge is 0.191 e. The summed E-state index contributed by atoms with van der Waals surface area (Å²) in [6.07, 6.45) is 6.86. The number of guanidine groups is 1. The zero-order valence-electron chi connectivity index (χ0n) is 14.1. The van der Waals surface area contributed by atoms with Gasteiger partial charge in [-0.25, -0.2) is 0 Å². The Bertz CT molecular complexity index is 259. The Kier molecular flexibility index (Phi) is 17.1. The van der Waals surface area contributed by atoms with Crippen LogP contribution in [0.5, 0.6) is 0 Å². The second-order valence-electron chi connectivity index (χ2n) is 5.19. The van der Waals surface area contributed by atoms with E-state index in [1.807, 2.05) is 11.8 Å². The number of aliphatic imine (C=N–C) groups is 1. The second kappa shape index (κ2) is 15.2.